The van der Waals surface area contributed by atoms with E-state index in [1.807, 2.05) is 72.8 Å². The minimum absolute atomic E-state index is 0.181. The highest BCUT2D eigenvalue weighted by molar-refractivity contribution is 5.84. The SMILES string of the molecule is CC1(C)c2cc(C#N)ccc2-c2ccc(-c3ccc(-c4nc(-c5ccccc5)nc(-c5ccccc5)n4)cc3)cc21. The van der Waals surface area contributed by atoms with Gasteiger partial charge in [0.15, 0.2) is 17.5 Å². The molecule has 7 rings (SSSR count). The second-order valence-corrected chi connectivity index (χ2v) is 10.9. The number of nitriles is 1. The predicted molar refractivity (Wildman–Crippen MR) is 164 cm³/mol. The highest BCUT2D eigenvalue weighted by atomic mass is 15.0. The van der Waals surface area contributed by atoms with Crippen molar-refractivity contribution in [1.29, 1.82) is 5.26 Å². The molecule has 0 radical (unpaired) electrons. The van der Waals surface area contributed by atoms with Crippen molar-refractivity contribution in [2.24, 2.45) is 0 Å². The van der Waals surface area contributed by atoms with Crippen LogP contribution in [0.25, 0.3) is 56.4 Å². The average molecular weight is 527 g/mol. The Bertz CT molecular complexity index is 1890. The molecule has 1 aromatic heterocycles. The molecule has 194 valence electrons. The zero-order valence-corrected chi connectivity index (χ0v) is 22.8. The highest BCUT2D eigenvalue weighted by Gasteiger charge is 2.35. The van der Waals surface area contributed by atoms with E-state index in [2.05, 4.69) is 68.4 Å². The van der Waals surface area contributed by atoms with Crippen LogP contribution in [0.5, 0.6) is 0 Å². The second kappa shape index (κ2) is 9.66. The zero-order valence-electron chi connectivity index (χ0n) is 22.8. The third-order valence-electron chi connectivity index (χ3n) is 7.98. The Kier molecular flexibility index (Phi) is 5.80. The van der Waals surface area contributed by atoms with Crippen molar-refractivity contribution in [2.45, 2.75) is 19.3 Å². The molecule has 6 aromatic rings. The number of hydrogen-bond acceptors (Lipinski definition) is 4. The molecule has 5 aromatic carbocycles. The van der Waals surface area contributed by atoms with Crippen molar-refractivity contribution in [1.82, 2.24) is 15.0 Å². The summed E-state index contributed by atoms with van der Waals surface area (Å²) in [5, 5.41) is 9.44. The Morgan fingerprint density at radius 1 is 0.488 bits per heavy atom. The van der Waals surface area contributed by atoms with Crippen LogP contribution in [0.15, 0.2) is 121 Å². The van der Waals surface area contributed by atoms with Gasteiger partial charge in [-0.3, -0.25) is 0 Å². The predicted octanol–water partition coefficient (Wildman–Crippen LogP) is 8.72. The summed E-state index contributed by atoms with van der Waals surface area (Å²) < 4.78 is 0. The summed E-state index contributed by atoms with van der Waals surface area (Å²) in [6, 6.07) is 43.5. The zero-order chi connectivity index (χ0) is 28.0. The fourth-order valence-electron chi connectivity index (χ4n) is 5.74. The van der Waals surface area contributed by atoms with E-state index in [4.69, 9.17) is 15.0 Å². The molecule has 0 atom stereocenters. The van der Waals surface area contributed by atoms with Gasteiger partial charge in [-0.05, 0) is 51.6 Å². The van der Waals surface area contributed by atoms with Gasteiger partial charge in [0.2, 0.25) is 0 Å². The second-order valence-electron chi connectivity index (χ2n) is 10.9. The molecule has 0 N–H and O–H groups in total. The van der Waals surface area contributed by atoms with Crippen LogP contribution in [0.3, 0.4) is 0 Å². The fraction of sp³-hybridized carbons (Fsp3) is 0.0811. The molecule has 0 aliphatic heterocycles. The molecule has 4 heteroatoms. The standard InChI is InChI=1S/C37H26N4/c1-37(2)32-21-24(23-38)13-19-30(32)31-20-18-29(22-33(31)37)25-14-16-28(17-15-25)36-40-34(26-9-5-3-6-10-26)39-35(41-36)27-11-7-4-8-12-27/h3-22H,1-2H3. The van der Waals surface area contributed by atoms with Crippen LogP contribution in [-0.2, 0) is 5.41 Å². The lowest BCUT2D eigenvalue weighted by Gasteiger charge is -2.22. The third kappa shape index (κ3) is 4.29. The van der Waals surface area contributed by atoms with E-state index in [9.17, 15) is 5.26 Å². The lowest BCUT2D eigenvalue weighted by atomic mass is 9.81. The maximum atomic E-state index is 9.44. The Balaban J connectivity index is 1.27. The molecule has 1 aliphatic carbocycles. The Hall–Kier alpha value is -5.40. The first kappa shape index (κ1) is 24.6. The van der Waals surface area contributed by atoms with Crippen LogP contribution in [0.2, 0.25) is 0 Å². The van der Waals surface area contributed by atoms with Crippen LogP contribution in [-0.4, -0.2) is 15.0 Å². The minimum atomic E-state index is -0.181. The number of benzene rings is 5. The van der Waals surface area contributed by atoms with E-state index in [0.717, 1.165) is 27.8 Å². The lowest BCUT2D eigenvalue weighted by molar-refractivity contribution is 0.660. The summed E-state index contributed by atoms with van der Waals surface area (Å²) in [5.74, 6) is 1.94. The summed E-state index contributed by atoms with van der Waals surface area (Å²) in [7, 11) is 0. The van der Waals surface area contributed by atoms with Gasteiger partial charge < -0.3 is 0 Å². The molecule has 0 spiro atoms. The first-order valence-electron chi connectivity index (χ1n) is 13.7. The molecule has 41 heavy (non-hydrogen) atoms. The largest absolute Gasteiger partial charge is 0.208 e. The molecular weight excluding hydrogens is 500 g/mol. The Morgan fingerprint density at radius 3 is 1.46 bits per heavy atom. The lowest BCUT2D eigenvalue weighted by Crippen LogP contribution is -2.15. The van der Waals surface area contributed by atoms with E-state index >= 15 is 0 Å². The quantitative estimate of drug-likeness (QED) is 0.230. The minimum Gasteiger partial charge on any atom is -0.208 e. The maximum absolute atomic E-state index is 9.44. The van der Waals surface area contributed by atoms with Gasteiger partial charge in [0.1, 0.15) is 0 Å². The van der Waals surface area contributed by atoms with Crippen molar-refractivity contribution in [3.63, 3.8) is 0 Å². The van der Waals surface area contributed by atoms with Gasteiger partial charge in [-0.1, -0.05) is 117 Å². The fourth-order valence-corrected chi connectivity index (χ4v) is 5.74. The highest BCUT2D eigenvalue weighted by Crippen LogP contribution is 2.49. The van der Waals surface area contributed by atoms with Gasteiger partial charge in [-0.15, -0.1) is 0 Å². The van der Waals surface area contributed by atoms with Crippen LogP contribution < -0.4 is 0 Å². The molecule has 0 unspecified atom stereocenters. The van der Waals surface area contributed by atoms with Crippen molar-refractivity contribution in [3.8, 4) is 62.5 Å². The van der Waals surface area contributed by atoms with Crippen LogP contribution in [0.4, 0.5) is 0 Å². The monoisotopic (exact) mass is 526 g/mol. The molecule has 0 fully saturated rings. The van der Waals surface area contributed by atoms with E-state index in [1.165, 1.54) is 22.3 Å². The first-order chi connectivity index (χ1) is 20.0. The number of nitrogens with zero attached hydrogens (tertiary/aromatic N) is 4. The third-order valence-corrected chi connectivity index (χ3v) is 7.98. The van der Waals surface area contributed by atoms with Gasteiger partial charge in [-0.25, -0.2) is 15.0 Å². The average Bonchev–Trinajstić information content (AvgIpc) is 3.27. The van der Waals surface area contributed by atoms with Crippen molar-refractivity contribution in [3.05, 3.63) is 138 Å². The van der Waals surface area contributed by atoms with E-state index in [0.29, 0.717) is 23.0 Å². The van der Waals surface area contributed by atoms with E-state index < -0.39 is 0 Å². The first-order valence-corrected chi connectivity index (χ1v) is 13.7. The number of rotatable bonds is 4. The molecular formula is C37H26N4. The topological polar surface area (TPSA) is 62.5 Å². The molecule has 0 saturated carbocycles. The number of hydrogen-bond donors (Lipinski definition) is 0. The van der Waals surface area contributed by atoms with Crippen LogP contribution in [0, 0.1) is 11.3 Å². The summed E-state index contributed by atoms with van der Waals surface area (Å²) in [6.07, 6.45) is 0. The molecule has 0 bridgehead atoms. The van der Waals surface area contributed by atoms with Crippen molar-refractivity contribution < 1.29 is 0 Å². The maximum Gasteiger partial charge on any atom is 0.164 e. The van der Waals surface area contributed by atoms with Gasteiger partial charge in [-0.2, -0.15) is 5.26 Å². The summed E-state index contributed by atoms with van der Waals surface area (Å²) >= 11 is 0. The summed E-state index contributed by atoms with van der Waals surface area (Å²) in [4.78, 5) is 14.5. The summed E-state index contributed by atoms with van der Waals surface area (Å²) in [5.41, 5.74) is 10.6. The van der Waals surface area contributed by atoms with Crippen molar-refractivity contribution in [2.75, 3.05) is 0 Å². The number of fused-ring (bicyclic) bond motifs is 3. The van der Waals surface area contributed by atoms with Gasteiger partial charge >= 0.3 is 0 Å². The van der Waals surface area contributed by atoms with E-state index in [-0.39, 0.29) is 5.41 Å². The molecule has 1 aliphatic rings. The Labute approximate surface area is 239 Å². The molecule has 4 nitrogen and oxygen atoms in total. The van der Waals surface area contributed by atoms with Crippen molar-refractivity contribution >= 4 is 0 Å². The van der Waals surface area contributed by atoms with Crippen LogP contribution >= 0.6 is 0 Å². The smallest absolute Gasteiger partial charge is 0.164 e. The normalized spacial score (nSPS) is 12.8. The summed E-state index contributed by atoms with van der Waals surface area (Å²) in [6.45, 7) is 4.47. The van der Waals surface area contributed by atoms with Gasteiger partial charge in [0.05, 0.1) is 11.6 Å². The van der Waals surface area contributed by atoms with Gasteiger partial charge in [0.25, 0.3) is 0 Å². The number of aromatic nitrogens is 3. The Morgan fingerprint density at radius 2 is 0.927 bits per heavy atom. The van der Waals surface area contributed by atoms with Gasteiger partial charge in [0, 0.05) is 22.1 Å². The molecule has 0 amide bonds. The van der Waals surface area contributed by atoms with E-state index in [1.54, 1.807) is 0 Å². The van der Waals surface area contributed by atoms with Crippen LogP contribution in [0.1, 0.15) is 30.5 Å². The molecule has 0 saturated heterocycles. The molecule has 1 heterocycles.